The number of rotatable bonds is 2. The van der Waals surface area contributed by atoms with Crippen LogP contribution in [0.5, 0.6) is 0 Å². The number of Topliss-reactive ketones (excluding diaryl/α,β-unsaturated/α-hetero) is 1. The molecule has 12 heavy (non-hydrogen) atoms. The number of carbonyl (C=O) groups is 2. The molecule has 64 valence electrons. The maximum Gasteiger partial charge on any atom is 0.337 e. The summed E-state index contributed by atoms with van der Waals surface area (Å²) in [5.74, 6) is -1.31. The summed E-state index contributed by atoms with van der Waals surface area (Å²) in [6.45, 7) is 3.02. The van der Waals surface area contributed by atoms with Crippen LogP contribution in [0.1, 0.15) is 33.3 Å². The number of ketones is 1. The highest BCUT2D eigenvalue weighted by Crippen LogP contribution is 2.13. The van der Waals surface area contributed by atoms with E-state index in [0.29, 0.717) is 5.69 Å². The van der Waals surface area contributed by atoms with E-state index >= 15 is 0 Å². The van der Waals surface area contributed by atoms with Crippen molar-refractivity contribution in [3.05, 3.63) is 23.0 Å². The fourth-order valence-electron chi connectivity index (χ4n) is 1.15. The van der Waals surface area contributed by atoms with Crippen molar-refractivity contribution in [1.82, 2.24) is 4.98 Å². The lowest BCUT2D eigenvalue weighted by molar-refractivity contribution is 0.0692. The largest absolute Gasteiger partial charge is 0.478 e. The van der Waals surface area contributed by atoms with Gasteiger partial charge in [0.1, 0.15) is 0 Å². The van der Waals surface area contributed by atoms with Gasteiger partial charge in [0.15, 0.2) is 5.78 Å². The lowest BCUT2D eigenvalue weighted by Gasteiger charge is -1.94. The first-order chi connectivity index (χ1) is 5.54. The Kier molecular flexibility index (Phi) is 1.99. The third-order valence-electron chi connectivity index (χ3n) is 1.66. The summed E-state index contributed by atoms with van der Waals surface area (Å²) in [5, 5.41) is 8.66. The van der Waals surface area contributed by atoms with Gasteiger partial charge in [-0.15, -0.1) is 0 Å². The van der Waals surface area contributed by atoms with E-state index in [1.54, 1.807) is 6.92 Å². The normalized spacial score (nSPS) is 9.83. The van der Waals surface area contributed by atoms with Crippen molar-refractivity contribution in [1.29, 1.82) is 0 Å². The minimum absolute atomic E-state index is 0.0417. The van der Waals surface area contributed by atoms with Crippen LogP contribution < -0.4 is 0 Å². The molecule has 0 atom stereocenters. The smallest absolute Gasteiger partial charge is 0.337 e. The second-order valence-corrected chi connectivity index (χ2v) is 2.56. The number of aromatic carboxylic acids is 1. The molecule has 0 saturated heterocycles. The molecule has 1 aromatic rings. The molecule has 2 N–H and O–H groups in total. The predicted octanol–water partition coefficient (Wildman–Crippen LogP) is 1.22. The first-order valence-electron chi connectivity index (χ1n) is 3.46. The fourth-order valence-corrected chi connectivity index (χ4v) is 1.15. The van der Waals surface area contributed by atoms with Crippen LogP contribution in [0.2, 0.25) is 0 Å². The zero-order chi connectivity index (χ0) is 9.30. The van der Waals surface area contributed by atoms with Crippen molar-refractivity contribution in [2.75, 3.05) is 0 Å². The van der Waals surface area contributed by atoms with Gasteiger partial charge in [-0.1, -0.05) is 0 Å². The molecule has 0 unspecified atom stereocenters. The molecule has 0 fully saturated rings. The third kappa shape index (κ3) is 1.23. The van der Waals surface area contributed by atoms with Gasteiger partial charge in [-0.05, 0) is 13.8 Å². The Morgan fingerprint density at radius 2 is 2.08 bits per heavy atom. The molecule has 0 aliphatic heterocycles. The summed E-state index contributed by atoms with van der Waals surface area (Å²) in [6, 6.07) is 0. The van der Waals surface area contributed by atoms with Gasteiger partial charge < -0.3 is 10.1 Å². The Morgan fingerprint density at radius 3 is 2.42 bits per heavy atom. The zero-order valence-corrected chi connectivity index (χ0v) is 6.84. The van der Waals surface area contributed by atoms with Gasteiger partial charge >= 0.3 is 5.97 Å². The van der Waals surface area contributed by atoms with Crippen molar-refractivity contribution >= 4 is 11.8 Å². The van der Waals surface area contributed by atoms with Crippen LogP contribution in [0.25, 0.3) is 0 Å². The molecule has 0 saturated carbocycles. The fraction of sp³-hybridized carbons (Fsp3) is 0.250. The highest BCUT2D eigenvalue weighted by atomic mass is 16.4. The molecule has 0 spiro atoms. The number of carboxylic acids is 1. The molecule has 0 radical (unpaired) electrons. The van der Waals surface area contributed by atoms with E-state index in [0.717, 1.165) is 0 Å². The number of carboxylic acid groups (broad SMARTS) is 1. The lowest BCUT2D eigenvalue weighted by atomic mass is 10.1. The van der Waals surface area contributed by atoms with Gasteiger partial charge in [0.05, 0.1) is 11.1 Å². The van der Waals surface area contributed by atoms with Gasteiger partial charge in [0.25, 0.3) is 0 Å². The first-order valence-corrected chi connectivity index (χ1v) is 3.46. The minimum atomic E-state index is -1.08. The number of aromatic amines is 1. The van der Waals surface area contributed by atoms with Crippen molar-refractivity contribution in [3.63, 3.8) is 0 Å². The maximum absolute atomic E-state index is 11.0. The Balaban J connectivity index is 3.31. The van der Waals surface area contributed by atoms with Crippen molar-refractivity contribution in [2.24, 2.45) is 0 Å². The Bertz CT molecular complexity index is 338. The first kappa shape index (κ1) is 8.52. The molecule has 0 aliphatic carbocycles. The number of hydrogen-bond donors (Lipinski definition) is 2. The average Bonchev–Trinajstić information content (AvgIpc) is 2.30. The Labute approximate surface area is 69.2 Å². The summed E-state index contributed by atoms with van der Waals surface area (Å²) in [6.07, 6.45) is 1.33. The predicted molar refractivity (Wildman–Crippen MR) is 42.5 cm³/mol. The van der Waals surface area contributed by atoms with Crippen molar-refractivity contribution in [2.45, 2.75) is 13.8 Å². The highest BCUT2D eigenvalue weighted by Gasteiger charge is 2.17. The standard InChI is InChI=1S/C8H9NO3/c1-4-7(5(2)10)6(3-9-4)8(11)12/h3,9H,1-2H3,(H,11,12). The maximum atomic E-state index is 11.0. The molecule has 4 nitrogen and oxygen atoms in total. The SMILES string of the molecule is CC(=O)c1c(C(=O)O)c[nH]c1C. The van der Waals surface area contributed by atoms with E-state index in [-0.39, 0.29) is 16.9 Å². The molecular formula is C8H9NO3. The van der Waals surface area contributed by atoms with E-state index in [4.69, 9.17) is 5.11 Å². The third-order valence-corrected chi connectivity index (χ3v) is 1.66. The van der Waals surface area contributed by atoms with Crippen LogP contribution in [0.4, 0.5) is 0 Å². The van der Waals surface area contributed by atoms with E-state index in [2.05, 4.69) is 4.98 Å². The Hall–Kier alpha value is -1.58. The summed E-state index contributed by atoms with van der Waals surface area (Å²) in [5.41, 5.74) is 0.905. The minimum Gasteiger partial charge on any atom is -0.478 e. The molecule has 1 rings (SSSR count). The van der Waals surface area contributed by atoms with Gasteiger partial charge in [-0.2, -0.15) is 0 Å². The molecule has 4 heteroatoms. The highest BCUT2D eigenvalue weighted by molar-refractivity contribution is 6.05. The van der Waals surface area contributed by atoms with Crippen molar-refractivity contribution in [3.8, 4) is 0 Å². The van der Waals surface area contributed by atoms with Gasteiger partial charge in [-0.25, -0.2) is 4.79 Å². The number of hydrogen-bond acceptors (Lipinski definition) is 2. The van der Waals surface area contributed by atoms with Crippen LogP contribution in [-0.2, 0) is 0 Å². The van der Waals surface area contributed by atoms with Crippen LogP contribution in [0, 0.1) is 6.92 Å². The summed E-state index contributed by atoms with van der Waals surface area (Å²) >= 11 is 0. The molecule has 0 aliphatic rings. The molecule has 1 aromatic heterocycles. The number of aryl methyl sites for hydroxylation is 1. The molecule has 0 aromatic carbocycles. The topological polar surface area (TPSA) is 70.2 Å². The number of carbonyl (C=O) groups excluding carboxylic acids is 1. The van der Waals surface area contributed by atoms with Gasteiger partial charge in [0, 0.05) is 11.9 Å². The van der Waals surface area contributed by atoms with Crippen LogP contribution in [-0.4, -0.2) is 21.8 Å². The second kappa shape index (κ2) is 2.81. The quantitative estimate of drug-likeness (QED) is 0.650. The lowest BCUT2D eigenvalue weighted by Crippen LogP contribution is -2.03. The second-order valence-electron chi connectivity index (χ2n) is 2.56. The summed E-state index contributed by atoms with van der Waals surface area (Å²) < 4.78 is 0. The van der Waals surface area contributed by atoms with E-state index in [1.165, 1.54) is 13.1 Å². The monoisotopic (exact) mass is 167 g/mol. The van der Waals surface area contributed by atoms with Crippen LogP contribution in [0.3, 0.4) is 0 Å². The van der Waals surface area contributed by atoms with Crippen molar-refractivity contribution < 1.29 is 14.7 Å². The van der Waals surface area contributed by atoms with E-state index < -0.39 is 5.97 Å². The summed E-state index contributed by atoms with van der Waals surface area (Å²) in [7, 11) is 0. The van der Waals surface area contributed by atoms with Gasteiger partial charge in [0.2, 0.25) is 0 Å². The summed E-state index contributed by atoms with van der Waals surface area (Å²) in [4.78, 5) is 24.2. The average molecular weight is 167 g/mol. The number of aromatic nitrogens is 1. The Morgan fingerprint density at radius 1 is 1.50 bits per heavy atom. The van der Waals surface area contributed by atoms with Crippen LogP contribution in [0.15, 0.2) is 6.20 Å². The zero-order valence-electron chi connectivity index (χ0n) is 6.84. The molecule has 0 bridgehead atoms. The molecule has 1 heterocycles. The molecule has 0 amide bonds. The van der Waals surface area contributed by atoms with Crippen LogP contribution >= 0.6 is 0 Å². The number of nitrogens with one attached hydrogen (secondary N) is 1. The van der Waals surface area contributed by atoms with E-state index in [9.17, 15) is 9.59 Å². The molecular weight excluding hydrogens is 158 g/mol. The number of H-pyrrole nitrogens is 1. The van der Waals surface area contributed by atoms with Gasteiger partial charge in [-0.3, -0.25) is 4.79 Å². The van der Waals surface area contributed by atoms with E-state index in [1.807, 2.05) is 0 Å².